The molecule has 0 bridgehead atoms. The predicted molar refractivity (Wildman–Crippen MR) is 128 cm³/mol. The Kier molecular flexibility index (Phi) is 6.81. The van der Waals surface area contributed by atoms with Gasteiger partial charge in [0, 0.05) is 42.9 Å². The van der Waals surface area contributed by atoms with Gasteiger partial charge in [0.25, 0.3) is 5.91 Å². The van der Waals surface area contributed by atoms with Gasteiger partial charge in [-0.05, 0) is 48.7 Å². The molecule has 5 rings (SSSR count). The molecule has 0 radical (unpaired) electrons. The van der Waals surface area contributed by atoms with E-state index < -0.39 is 0 Å². The van der Waals surface area contributed by atoms with E-state index in [4.69, 9.17) is 13.9 Å². The quantitative estimate of drug-likeness (QED) is 0.535. The molecule has 0 unspecified atom stereocenters. The van der Waals surface area contributed by atoms with E-state index in [-0.39, 0.29) is 17.7 Å². The topological polar surface area (TPSA) is 72.2 Å². The van der Waals surface area contributed by atoms with Gasteiger partial charge in [0.15, 0.2) is 0 Å². The summed E-state index contributed by atoms with van der Waals surface area (Å²) < 4.78 is 17.2. The Labute approximate surface area is 199 Å². The summed E-state index contributed by atoms with van der Waals surface area (Å²) in [7, 11) is 0. The largest absolute Gasteiger partial charge is 0.492 e. The fourth-order valence-corrected chi connectivity index (χ4v) is 4.85. The summed E-state index contributed by atoms with van der Waals surface area (Å²) in [6, 6.07) is 15.4. The molecule has 7 nitrogen and oxygen atoms in total. The van der Waals surface area contributed by atoms with E-state index >= 15 is 0 Å². The lowest BCUT2D eigenvalue weighted by Crippen LogP contribution is -2.36. The van der Waals surface area contributed by atoms with Gasteiger partial charge in [0.1, 0.15) is 17.9 Å². The molecule has 34 heavy (non-hydrogen) atoms. The first kappa shape index (κ1) is 22.5. The second kappa shape index (κ2) is 10.3. The molecule has 2 aromatic carbocycles. The summed E-state index contributed by atoms with van der Waals surface area (Å²) in [6.07, 6.45) is 4.08. The van der Waals surface area contributed by atoms with Gasteiger partial charge in [-0.3, -0.25) is 9.59 Å². The molecular weight excluding hydrogens is 432 g/mol. The lowest BCUT2D eigenvalue weighted by atomic mass is 9.97. The zero-order valence-electron chi connectivity index (χ0n) is 19.3. The van der Waals surface area contributed by atoms with Crippen molar-refractivity contribution in [3.8, 4) is 5.75 Å². The van der Waals surface area contributed by atoms with Crippen LogP contribution >= 0.6 is 0 Å². The van der Waals surface area contributed by atoms with Gasteiger partial charge in [-0.1, -0.05) is 18.2 Å². The fourth-order valence-electron chi connectivity index (χ4n) is 4.85. The standard InChI is InChI=1S/C27H30N2O5/c30-26-8-3-10-28(26)12-15-33-23-6-1-5-22(17-23)27(31)29-11-14-32-19-20(18-29)16-21-4-2-7-25-24(21)9-13-34-25/h1-2,4-7,9,13,17,20H,3,8,10-12,14-16,18-19H2/t20-/m0/s1. The van der Waals surface area contributed by atoms with Crippen LogP contribution in [-0.2, 0) is 16.0 Å². The average Bonchev–Trinajstić information content (AvgIpc) is 3.43. The second-order valence-corrected chi connectivity index (χ2v) is 9.01. The number of benzene rings is 2. The Morgan fingerprint density at radius 2 is 2.03 bits per heavy atom. The first-order valence-electron chi connectivity index (χ1n) is 12.0. The highest BCUT2D eigenvalue weighted by atomic mass is 16.5. The zero-order valence-corrected chi connectivity index (χ0v) is 19.3. The molecule has 2 aliphatic heterocycles. The number of nitrogens with zero attached hydrogens (tertiary/aromatic N) is 2. The SMILES string of the molecule is O=C1CCCN1CCOc1cccc(C(=O)N2CCOC[C@@H](Cc3cccc4occc34)C2)c1. The summed E-state index contributed by atoms with van der Waals surface area (Å²) in [5.41, 5.74) is 2.69. The van der Waals surface area contributed by atoms with Crippen LogP contribution in [-0.4, -0.2) is 67.6 Å². The Morgan fingerprint density at radius 1 is 1.12 bits per heavy atom. The van der Waals surface area contributed by atoms with Gasteiger partial charge in [-0.25, -0.2) is 0 Å². The van der Waals surface area contributed by atoms with E-state index in [1.807, 2.05) is 46.2 Å². The van der Waals surface area contributed by atoms with Crippen molar-refractivity contribution in [2.24, 2.45) is 5.92 Å². The van der Waals surface area contributed by atoms with Gasteiger partial charge in [-0.2, -0.15) is 0 Å². The van der Waals surface area contributed by atoms with Crippen molar-refractivity contribution >= 4 is 22.8 Å². The molecule has 0 spiro atoms. The number of fused-ring (bicyclic) bond motifs is 1. The van der Waals surface area contributed by atoms with E-state index in [9.17, 15) is 9.59 Å². The van der Waals surface area contributed by atoms with Crippen LogP contribution in [0.5, 0.6) is 5.75 Å². The van der Waals surface area contributed by atoms with Crippen LogP contribution in [0.15, 0.2) is 59.2 Å². The summed E-state index contributed by atoms with van der Waals surface area (Å²) in [4.78, 5) is 28.8. The number of hydrogen-bond acceptors (Lipinski definition) is 5. The minimum atomic E-state index is -0.0165. The Hall–Kier alpha value is -3.32. The Morgan fingerprint density at radius 3 is 2.91 bits per heavy atom. The fraction of sp³-hybridized carbons (Fsp3) is 0.407. The first-order valence-corrected chi connectivity index (χ1v) is 12.0. The minimum Gasteiger partial charge on any atom is -0.492 e. The van der Waals surface area contributed by atoms with Crippen molar-refractivity contribution in [2.45, 2.75) is 19.3 Å². The average molecular weight is 463 g/mol. The van der Waals surface area contributed by atoms with E-state index in [0.717, 1.165) is 30.4 Å². The Bertz CT molecular complexity index is 1160. The lowest BCUT2D eigenvalue weighted by Gasteiger charge is -2.24. The van der Waals surface area contributed by atoms with Crippen LogP contribution < -0.4 is 4.74 Å². The molecule has 7 heteroatoms. The smallest absolute Gasteiger partial charge is 0.254 e. The molecule has 2 saturated heterocycles. The number of amides is 2. The first-order chi connectivity index (χ1) is 16.7. The summed E-state index contributed by atoms with van der Waals surface area (Å²) >= 11 is 0. The Balaban J connectivity index is 1.22. The van der Waals surface area contributed by atoms with Crippen LogP contribution in [0.25, 0.3) is 11.0 Å². The van der Waals surface area contributed by atoms with Crippen molar-refractivity contribution in [3.63, 3.8) is 0 Å². The van der Waals surface area contributed by atoms with Crippen LogP contribution in [0.3, 0.4) is 0 Å². The number of rotatable bonds is 7. The normalized spacial score (nSPS) is 18.9. The molecule has 0 saturated carbocycles. The van der Waals surface area contributed by atoms with Crippen molar-refractivity contribution in [2.75, 3.05) is 46.0 Å². The van der Waals surface area contributed by atoms with Gasteiger partial charge < -0.3 is 23.7 Å². The number of ether oxygens (including phenoxy) is 2. The van der Waals surface area contributed by atoms with E-state index in [0.29, 0.717) is 57.2 Å². The highest BCUT2D eigenvalue weighted by molar-refractivity contribution is 5.94. The monoisotopic (exact) mass is 462 g/mol. The van der Waals surface area contributed by atoms with Crippen molar-refractivity contribution in [3.05, 3.63) is 65.9 Å². The molecule has 2 amide bonds. The summed E-state index contributed by atoms with van der Waals surface area (Å²) in [5, 5.41) is 1.12. The van der Waals surface area contributed by atoms with Crippen molar-refractivity contribution < 1.29 is 23.5 Å². The third-order valence-corrected chi connectivity index (χ3v) is 6.60. The highest BCUT2D eigenvalue weighted by Crippen LogP contribution is 2.24. The molecule has 2 fully saturated rings. The molecular formula is C27H30N2O5. The second-order valence-electron chi connectivity index (χ2n) is 9.01. The number of carbonyl (C=O) groups excluding carboxylic acids is 2. The number of likely N-dealkylation sites (tertiary alicyclic amines) is 1. The molecule has 1 atom stereocenters. The predicted octanol–water partition coefficient (Wildman–Crippen LogP) is 3.77. The maximum atomic E-state index is 13.3. The molecule has 0 N–H and O–H groups in total. The lowest BCUT2D eigenvalue weighted by molar-refractivity contribution is -0.128. The van der Waals surface area contributed by atoms with Gasteiger partial charge in [-0.15, -0.1) is 0 Å². The van der Waals surface area contributed by atoms with Crippen LogP contribution in [0, 0.1) is 5.92 Å². The molecule has 178 valence electrons. The highest BCUT2D eigenvalue weighted by Gasteiger charge is 2.25. The molecule has 3 heterocycles. The third kappa shape index (κ3) is 5.09. The maximum Gasteiger partial charge on any atom is 0.254 e. The van der Waals surface area contributed by atoms with Crippen molar-refractivity contribution in [1.82, 2.24) is 9.80 Å². The van der Waals surface area contributed by atoms with E-state index in [1.165, 1.54) is 5.56 Å². The van der Waals surface area contributed by atoms with Gasteiger partial charge in [0.2, 0.25) is 5.91 Å². The third-order valence-electron chi connectivity index (χ3n) is 6.60. The van der Waals surface area contributed by atoms with Crippen LogP contribution in [0.2, 0.25) is 0 Å². The van der Waals surface area contributed by atoms with E-state index in [2.05, 4.69) is 6.07 Å². The molecule has 3 aromatic rings. The summed E-state index contributed by atoms with van der Waals surface area (Å²) in [6.45, 7) is 4.14. The molecule has 0 aliphatic carbocycles. The van der Waals surface area contributed by atoms with Crippen LogP contribution in [0.1, 0.15) is 28.8 Å². The zero-order chi connectivity index (χ0) is 23.3. The molecule has 1 aromatic heterocycles. The van der Waals surface area contributed by atoms with Gasteiger partial charge >= 0.3 is 0 Å². The summed E-state index contributed by atoms with van der Waals surface area (Å²) in [5.74, 6) is 1.02. The molecule has 2 aliphatic rings. The maximum absolute atomic E-state index is 13.3. The number of carbonyl (C=O) groups is 2. The van der Waals surface area contributed by atoms with Crippen molar-refractivity contribution in [1.29, 1.82) is 0 Å². The number of furan rings is 1. The van der Waals surface area contributed by atoms with Gasteiger partial charge in [0.05, 0.1) is 26.0 Å². The van der Waals surface area contributed by atoms with E-state index in [1.54, 1.807) is 12.3 Å². The number of hydrogen-bond donors (Lipinski definition) is 0. The van der Waals surface area contributed by atoms with Crippen LogP contribution in [0.4, 0.5) is 0 Å². The minimum absolute atomic E-state index is 0.0165.